The molecule has 0 aliphatic heterocycles. The van der Waals surface area contributed by atoms with E-state index in [1.54, 1.807) is 5.57 Å². The zero-order valence-corrected chi connectivity index (χ0v) is 28.6. The van der Waals surface area contributed by atoms with Crippen molar-refractivity contribution in [2.75, 3.05) is 14.2 Å². The van der Waals surface area contributed by atoms with Crippen LogP contribution in [0.2, 0.25) is 0 Å². The third-order valence-electron chi connectivity index (χ3n) is 8.70. The minimum atomic E-state index is -0.0705. The molecule has 0 spiro atoms. The third kappa shape index (κ3) is 31.6. The van der Waals surface area contributed by atoms with Gasteiger partial charge in [0.05, 0.1) is 14.2 Å². The second kappa shape index (κ2) is 34.2. The summed E-state index contributed by atoms with van der Waals surface area (Å²) in [7, 11) is 2.95. The molecule has 0 radical (unpaired) electrons. The van der Waals surface area contributed by atoms with Crippen molar-refractivity contribution in [3.8, 4) is 0 Å². The van der Waals surface area contributed by atoms with Gasteiger partial charge in [-0.3, -0.25) is 9.59 Å². The van der Waals surface area contributed by atoms with Gasteiger partial charge in [0, 0.05) is 12.8 Å². The van der Waals surface area contributed by atoms with Crippen LogP contribution in [-0.2, 0) is 19.1 Å². The van der Waals surface area contributed by atoms with Crippen LogP contribution in [0.1, 0.15) is 206 Å². The highest BCUT2D eigenvalue weighted by molar-refractivity contribution is 5.69. The predicted octanol–water partition coefficient (Wildman–Crippen LogP) is 12.4. The molecule has 0 heterocycles. The topological polar surface area (TPSA) is 52.6 Å². The standard InChI is InChI=1S/C38H72O4/c1-4-5-6-7-17-21-26-31-36(33-28-23-20-25-30-35-38(40)42-3)32-27-22-18-15-13-11-9-8-10-12-14-16-19-24-29-34-37(39)41-2/h31H,4-30,32-35H2,1-3H3. The van der Waals surface area contributed by atoms with Crippen molar-refractivity contribution in [3.05, 3.63) is 11.6 Å². The zero-order valence-electron chi connectivity index (χ0n) is 28.6. The molecule has 0 amide bonds. The molecule has 42 heavy (non-hydrogen) atoms. The van der Waals surface area contributed by atoms with Gasteiger partial charge in [-0.05, 0) is 51.4 Å². The fourth-order valence-electron chi connectivity index (χ4n) is 5.84. The van der Waals surface area contributed by atoms with E-state index in [-0.39, 0.29) is 11.9 Å². The number of rotatable bonds is 33. The van der Waals surface area contributed by atoms with E-state index in [4.69, 9.17) is 4.74 Å². The van der Waals surface area contributed by atoms with Crippen LogP contribution in [0.5, 0.6) is 0 Å². The number of ether oxygens (including phenoxy) is 2. The molecule has 0 rings (SSSR count). The molecule has 0 aromatic heterocycles. The first-order valence-electron chi connectivity index (χ1n) is 18.5. The number of carbonyl (C=O) groups excluding carboxylic acids is 2. The van der Waals surface area contributed by atoms with Crippen molar-refractivity contribution < 1.29 is 19.1 Å². The first kappa shape index (κ1) is 40.7. The molecule has 0 aliphatic carbocycles. The number of methoxy groups -OCH3 is 2. The highest BCUT2D eigenvalue weighted by Gasteiger charge is 2.03. The van der Waals surface area contributed by atoms with E-state index >= 15 is 0 Å². The molecular formula is C38H72O4. The van der Waals surface area contributed by atoms with E-state index < -0.39 is 0 Å². The van der Waals surface area contributed by atoms with E-state index in [2.05, 4.69) is 17.7 Å². The Labute approximate surface area is 262 Å². The average Bonchev–Trinajstić information content (AvgIpc) is 3.00. The Morgan fingerprint density at radius 3 is 1.02 bits per heavy atom. The van der Waals surface area contributed by atoms with Crippen LogP contribution in [0.4, 0.5) is 0 Å². The zero-order chi connectivity index (χ0) is 30.8. The van der Waals surface area contributed by atoms with Gasteiger partial charge in [-0.15, -0.1) is 0 Å². The molecule has 0 saturated carbocycles. The fourth-order valence-corrected chi connectivity index (χ4v) is 5.84. The van der Waals surface area contributed by atoms with Gasteiger partial charge in [-0.2, -0.15) is 0 Å². The van der Waals surface area contributed by atoms with Gasteiger partial charge in [0.25, 0.3) is 0 Å². The summed E-state index contributed by atoms with van der Waals surface area (Å²) in [6.45, 7) is 2.29. The summed E-state index contributed by atoms with van der Waals surface area (Å²) in [5, 5.41) is 0. The van der Waals surface area contributed by atoms with Crippen LogP contribution in [0.25, 0.3) is 0 Å². The van der Waals surface area contributed by atoms with Crippen molar-refractivity contribution >= 4 is 11.9 Å². The fraction of sp³-hybridized carbons (Fsp3) is 0.895. The van der Waals surface area contributed by atoms with Gasteiger partial charge in [0.1, 0.15) is 0 Å². The van der Waals surface area contributed by atoms with E-state index in [1.807, 2.05) is 0 Å². The molecule has 0 aromatic carbocycles. The van der Waals surface area contributed by atoms with E-state index in [9.17, 15) is 9.59 Å². The molecule has 248 valence electrons. The molecule has 0 atom stereocenters. The number of unbranched alkanes of at least 4 members (excludes halogenated alkanes) is 24. The highest BCUT2D eigenvalue weighted by atomic mass is 16.5. The highest BCUT2D eigenvalue weighted by Crippen LogP contribution is 2.21. The Morgan fingerprint density at radius 2 is 0.690 bits per heavy atom. The number of hydrogen-bond acceptors (Lipinski definition) is 4. The van der Waals surface area contributed by atoms with Crippen molar-refractivity contribution in [3.63, 3.8) is 0 Å². The molecule has 0 unspecified atom stereocenters. The summed E-state index contributed by atoms with van der Waals surface area (Å²) < 4.78 is 9.43. The maximum Gasteiger partial charge on any atom is 0.305 e. The Kier molecular flexibility index (Phi) is 33.1. The lowest BCUT2D eigenvalue weighted by atomic mass is 9.97. The Bertz CT molecular complexity index is 612. The van der Waals surface area contributed by atoms with Crippen molar-refractivity contribution in [1.29, 1.82) is 0 Å². The van der Waals surface area contributed by atoms with Crippen LogP contribution >= 0.6 is 0 Å². The lowest BCUT2D eigenvalue weighted by Crippen LogP contribution is -1.99. The maximum absolute atomic E-state index is 11.3. The molecule has 0 N–H and O–H groups in total. The predicted molar refractivity (Wildman–Crippen MR) is 181 cm³/mol. The van der Waals surface area contributed by atoms with Gasteiger partial charge in [0.15, 0.2) is 0 Å². The SMILES string of the molecule is CCCCCCCCC=C(CCCCCCCCCCCCCCCCCC(=O)OC)CCCCCCCC(=O)OC. The van der Waals surface area contributed by atoms with E-state index in [0.717, 1.165) is 25.7 Å². The summed E-state index contributed by atoms with van der Waals surface area (Å²) in [6.07, 6.45) is 41.9. The van der Waals surface area contributed by atoms with Gasteiger partial charge in [-0.1, -0.05) is 153 Å². The monoisotopic (exact) mass is 593 g/mol. The summed E-state index contributed by atoms with van der Waals surface area (Å²) in [4.78, 5) is 22.4. The summed E-state index contributed by atoms with van der Waals surface area (Å²) in [5.74, 6) is -0.140. The van der Waals surface area contributed by atoms with E-state index in [0.29, 0.717) is 12.8 Å². The molecule has 4 heteroatoms. The van der Waals surface area contributed by atoms with Crippen LogP contribution in [0.15, 0.2) is 11.6 Å². The number of allylic oxidation sites excluding steroid dienone is 2. The first-order valence-corrected chi connectivity index (χ1v) is 18.5. The number of esters is 2. The summed E-state index contributed by atoms with van der Waals surface area (Å²) in [6, 6.07) is 0. The van der Waals surface area contributed by atoms with Gasteiger partial charge < -0.3 is 9.47 Å². The molecule has 0 fully saturated rings. The second-order valence-electron chi connectivity index (χ2n) is 12.6. The van der Waals surface area contributed by atoms with Gasteiger partial charge in [-0.25, -0.2) is 0 Å². The molecular weight excluding hydrogens is 520 g/mol. The maximum atomic E-state index is 11.3. The summed E-state index contributed by atoms with van der Waals surface area (Å²) in [5.41, 5.74) is 1.72. The van der Waals surface area contributed by atoms with Gasteiger partial charge >= 0.3 is 11.9 Å². The van der Waals surface area contributed by atoms with Crippen molar-refractivity contribution in [1.82, 2.24) is 0 Å². The number of carbonyl (C=O) groups is 2. The quantitative estimate of drug-likeness (QED) is 0.0432. The van der Waals surface area contributed by atoms with Crippen LogP contribution in [-0.4, -0.2) is 26.2 Å². The number of hydrogen-bond donors (Lipinski definition) is 0. The molecule has 4 nitrogen and oxygen atoms in total. The van der Waals surface area contributed by atoms with Crippen molar-refractivity contribution in [2.45, 2.75) is 206 Å². The lowest BCUT2D eigenvalue weighted by molar-refractivity contribution is -0.141. The molecule has 0 saturated heterocycles. The summed E-state index contributed by atoms with van der Waals surface area (Å²) >= 11 is 0. The van der Waals surface area contributed by atoms with Crippen molar-refractivity contribution in [2.24, 2.45) is 0 Å². The first-order chi connectivity index (χ1) is 20.6. The van der Waals surface area contributed by atoms with Crippen LogP contribution < -0.4 is 0 Å². The Hall–Kier alpha value is -1.32. The normalized spacial score (nSPS) is 11.6. The third-order valence-corrected chi connectivity index (χ3v) is 8.70. The Balaban J connectivity index is 3.80. The average molecular weight is 593 g/mol. The Morgan fingerprint density at radius 1 is 0.405 bits per heavy atom. The van der Waals surface area contributed by atoms with Crippen LogP contribution in [0, 0.1) is 0 Å². The lowest BCUT2D eigenvalue weighted by Gasteiger charge is -2.09. The minimum absolute atomic E-state index is 0.0700. The minimum Gasteiger partial charge on any atom is -0.469 e. The van der Waals surface area contributed by atoms with Crippen LogP contribution in [0.3, 0.4) is 0 Å². The van der Waals surface area contributed by atoms with E-state index in [1.165, 1.54) is 175 Å². The smallest absolute Gasteiger partial charge is 0.305 e. The molecule has 0 aromatic rings. The largest absolute Gasteiger partial charge is 0.469 e. The molecule has 0 bridgehead atoms. The molecule has 0 aliphatic rings. The second-order valence-corrected chi connectivity index (χ2v) is 12.6. The van der Waals surface area contributed by atoms with Gasteiger partial charge in [0.2, 0.25) is 0 Å².